The number of nitrogens with one attached hydrogen (secondary N) is 2. The van der Waals surface area contributed by atoms with Crippen molar-refractivity contribution in [3.8, 4) is 0 Å². The van der Waals surface area contributed by atoms with Gasteiger partial charge in [-0.2, -0.15) is 0 Å². The molecule has 2 rings (SSSR count). The van der Waals surface area contributed by atoms with Crippen molar-refractivity contribution in [2.24, 2.45) is 4.99 Å². The van der Waals surface area contributed by atoms with Crippen molar-refractivity contribution in [2.75, 3.05) is 58.3 Å². The van der Waals surface area contributed by atoms with E-state index in [1.165, 1.54) is 0 Å². The number of nitrogens with zero attached hydrogens (tertiary/aromatic N) is 3. The minimum absolute atomic E-state index is 0. The third-order valence-corrected chi connectivity index (χ3v) is 6.14. The molecule has 0 aliphatic carbocycles. The lowest BCUT2D eigenvalue weighted by Gasteiger charge is -2.26. The van der Waals surface area contributed by atoms with E-state index in [1.54, 1.807) is 19.0 Å². The second-order valence-electron chi connectivity index (χ2n) is 7.01. The molecule has 1 saturated heterocycles. The maximum absolute atomic E-state index is 11.9. The largest absolute Gasteiger partial charge is 0.357 e. The second kappa shape index (κ2) is 12.3. The lowest BCUT2D eigenvalue weighted by atomic mass is 10.1. The molecule has 1 amide bonds. The number of amides is 1. The fourth-order valence-corrected chi connectivity index (χ4v) is 4.11. The van der Waals surface area contributed by atoms with E-state index in [4.69, 9.17) is 0 Å². The predicted molar refractivity (Wildman–Crippen MR) is 128 cm³/mol. The quantitative estimate of drug-likeness (QED) is 0.304. The van der Waals surface area contributed by atoms with E-state index in [-0.39, 0.29) is 41.4 Å². The molecule has 164 valence electrons. The summed E-state index contributed by atoms with van der Waals surface area (Å²) >= 11 is 0. The third-order valence-electron chi connectivity index (χ3n) is 4.53. The van der Waals surface area contributed by atoms with Crippen LogP contribution in [0.25, 0.3) is 0 Å². The van der Waals surface area contributed by atoms with Gasteiger partial charge in [0.05, 0.1) is 18.1 Å². The van der Waals surface area contributed by atoms with Crippen LogP contribution in [0.3, 0.4) is 0 Å². The van der Waals surface area contributed by atoms with Crippen LogP contribution < -0.4 is 10.6 Å². The molecule has 0 aromatic heterocycles. The van der Waals surface area contributed by atoms with Crippen molar-refractivity contribution >= 4 is 45.7 Å². The van der Waals surface area contributed by atoms with Crippen molar-refractivity contribution in [3.63, 3.8) is 0 Å². The van der Waals surface area contributed by atoms with Crippen LogP contribution in [-0.2, 0) is 16.4 Å². The van der Waals surface area contributed by atoms with Crippen molar-refractivity contribution < 1.29 is 13.2 Å². The van der Waals surface area contributed by atoms with E-state index in [1.807, 2.05) is 31.2 Å². The number of halogens is 1. The molecule has 1 aliphatic rings. The van der Waals surface area contributed by atoms with Gasteiger partial charge < -0.3 is 15.5 Å². The molecular weight excluding hydrogens is 505 g/mol. The zero-order valence-electron chi connectivity index (χ0n) is 17.3. The molecule has 1 aromatic carbocycles. The monoisotopic (exact) mass is 537 g/mol. The van der Waals surface area contributed by atoms with Gasteiger partial charge >= 0.3 is 0 Å². The lowest BCUT2D eigenvalue weighted by molar-refractivity contribution is 0.0827. The van der Waals surface area contributed by atoms with Crippen LogP contribution in [0.1, 0.15) is 22.8 Å². The molecule has 2 N–H and O–H groups in total. The summed E-state index contributed by atoms with van der Waals surface area (Å²) < 4.78 is 23.0. The molecule has 1 aromatic rings. The molecule has 1 heterocycles. The Balaban J connectivity index is 0.00000420. The first kappa shape index (κ1) is 25.6. The second-order valence-corrected chi connectivity index (χ2v) is 9.32. The summed E-state index contributed by atoms with van der Waals surface area (Å²) in [5.74, 6) is 1.19. The van der Waals surface area contributed by atoms with Crippen LogP contribution in [0.5, 0.6) is 0 Å². The molecule has 1 fully saturated rings. The SMILES string of the molecule is CCNC(=NCc1ccc(C(=O)N(C)C)cc1)NCCN1CCS(=O)(=O)CC1.I. The average Bonchev–Trinajstić information content (AvgIpc) is 2.67. The number of carbonyl (C=O) groups is 1. The van der Waals surface area contributed by atoms with Gasteiger partial charge in [-0.1, -0.05) is 12.1 Å². The maximum atomic E-state index is 11.9. The standard InChI is InChI=1S/C19H31N5O3S.HI/c1-4-20-19(21-9-10-24-11-13-28(26,27)14-12-24)22-15-16-5-7-17(8-6-16)18(25)23(2)3;/h5-8H,4,9-15H2,1-3H3,(H2,20,21,22);1H. The Morgan fingerprint density at radius 2 is 1.76 bits per heavy atom. The summed E-state index contributed by atoms with van der Waals surface area (Å²) in [5.41, 5.74) is 1.68. The minimum atomic E-state index is -2.84. The van der Waals surface area contributed by atoms with Crippen LogP contribution in [0, 0.1) is 0 Å². The van der Waals surface area contributed by atoms with Crippen LogP contribution in [0.2, 0.25) is 0 Å². The summed E-state index contributed by atoms with van der Waals surface area (Å²) in [6, 6.07) is 7.46. The molecule has 0 atom stereocenters. The van der Waals surface area contributed by atoms with Gasteiger partial charge in [-0.25, -0.2) is 13.4 Å². The van der Waals surface area contributed by atoms with Gasteiger partial charge in [0, 0.05) is 52.4 Å². The van der Waals surface area contributed by atoms with Crippen molar-refractivity contribution in [1.29, 1.82) is 0 Å². The number of carbonyl (C=O) groups excluding carboxylic acids is 1. The highest BCUT2D eigenvalue weighted by Crippen LogP contribution is 2.07. The van der Waals surface area contributed by atoms with E-state index in [0.717, 1.165) is 24.6 Å². The number of benzene rings is 1. The van der Waals surface area contributed by atoms with Gasteiger partial charge in [-0.15, -0.1) is 24.0 Å². The fourth-order valence-electron chi connectivity index (χ4n) is 2.83. The smallest absolute Gasteiger partial charge is 0.253 e. The van der Waals surface area contributed by atoms with Crippen molar-refractivity contribution in [2.45, 2.75) is 13.5 Å². The Hall–Kier alpha value is -1.40. The van der Waals surface area contributed by atoms with Crippen molar-refractivity contribution in [1.82, 2.24) is 20.4 Å². The Morgan fingerprint density at radius 1 is 1.14 bits per heavy atom. The molecule has 29 heavy (non-hydrogen) atoms. The normalized spacial score (nSPS) is 16.6. The summed E-state index contributed by atoms with van der Waals surface area (Å²) in [7, 11) is 0.628. The molecule has 0 unspecified atom stereocenters. The molecule has 0 bridgehead atoms. The Morgan fingerprint density at radius 3 is 2.31 bits per heavy atom. The molecular formula is C19H32IN5O3S. The Kier molecular flexibility index (Phi) is 10.9. The highest BCUT2D eigenvalue weighted by atomic mass is 127. The van der Waals surface area contributed by atoms with Crippen molar-refractivity contribution in [3.05, 3.63) is 35.4 Å². The highest BCUT2D eigenvalue weighted by Gasteiger charge is 2.20. The first-order chi connectivity index (χ1) is 13.3. The first-order valence-corrected chi connectivity index (χ1v) is 11.4. The molecule has 10 heteroatoms. The van der Waals surface area contributed by atoms with E-state index in [9.17, 15) is 13.2 Å². The molecule has 0 spiro atoms. The molecule has 0 saturated carbocycles. The number of hydrogen-bond acceptors (Lipinski definition) is 5. The minimum Gasteiger partial charge on any atom is -0.357 e. The maximum Gasteiger partial charge on any atom is 0.253 e. The van der Waals surface area contributed by atoms with Crippen LogP contribution in [0.15, 0.2) is 29.3 Å². The molecule has 1 aliphatic heterocycles. The summed E-state index contributed by atoms with van der Waals surface area (Å²) in [6.07, 6.45) is 0. The summed E-state index contributed by atoms with van der Waals surface area (Å²) in [6.45, 7) is 5.93. The van der Waals surface area contributed by atoms with E-state index < -0.39 is 9.84 Å². The predicted octanol–water partition coefficient (Wildman–Crippen LogP) is 0.792. The third kappa shape index (κ3) is 8.87. The van der Waals surface area contributed by atoms with Gasteiger partial charge in [0.25, 0.3) is 5.91 Å². The Labute approximate surface area is 191 Å². The van der Waals surface area contributed by atoms with E-state index in [2.05, 4.69) is 20.5 Å². The van der Waals surface area contributed by atoms with E-state index >= 15 is 0 Å². The Bertz CT molecular complexity index is 768. The fraction of sp³-hybridized carbons (Fsp3) is 0.579. The van der Waals surface area contributed by atoms with Crippen LogP contribution in [0.4, 0.5) is 0 Å². The summed E-state index contributed by atoms with van der Waals surface area (Å²) in [5, 5.41) is 6.50. The number of rotatable bonds is 7. The van der Waals surface area contributed by atoms with Gasteiger partial charge in [0.15, 0.2) is 15.8 Å². The van der Waals surface area contributed by atoms with Crippen LogP contribution >= 0.6 is 24.0 Å². The number of guanidine groups is 1. The molecule has 0 radical (unpaired) electrons. The average molecular weight is 537 g/mol. The van der Waals surface area contributed by atoms with Gasteiger partial charge in [0.1, 0.15) is 0 Å². The van der Waals surface area contributed by atoms with Gasteiger partial charge in [-0.3, -0.25) is 9.69 Å². The highest BCUT2D eigenvalue weighted by molar-refractivity contribution is 14.0. The zero-order valence-corrected chi connectivity index (χ0v) is 20.5. The van der Waals surface area contributed by atoms with E-state index in [0.29, 0.717) is 31.7 Å². The topological polar surface area (TPSA) is 94.1 Å². The number of aliphatic imine (C=N–C) groups is 1. The zero-order chi connectivity index (χ0) is 20.6. The van der Waals surface area contributed by atoms with Crippen LogP contribution in [-0.4, -0.2) is 88.4 Å². The van der Waals surface area contributed by atoms with Gasteiger partial charge in [-0.05, 0) is 24.6 Å². The molecule has 8 nitrogen and oxygen atoms in total. The summed E-state index contributed by atoms with van der Waals surface area (Å²) in [4.78, 5) is 20.2. The number of hydrogen-bond donors (Lipinski definition) is 2. The van der Waals surface area contributed by atoms with Gasteiger partial charge in [0.2, 0.25) is 0 Å². The first-order valence-electron chi connectivity index (χ1n) is 9.56. The lowest BCUT2D eigenvalue weighted by Crippen LogP contribution is -2.45. The number of sulfone groups is 1.